The van der Waals surface area contributed by atoms with Crippen molar-refractivity contribution in [2.75, 3.05) is 38.0 Å². The van der Waals surface area contributed by atoms with Crippen molar-refractivity contribution >= 4 is 28.8 Å². The average molecular weight is 376 g/mol. The van der Waals surface area contributed by atoms with Gasteiger partial charge < -0.3 is 10.2 Å². The fraction of sp³-hybridized carbons (Fsp3) is 0.389. The third-order valence-corrected chi connectivity index (χ3v) is 5.29. The van der Waals surface area contributed by atoms with Gasteiger partial charge in [-0.2, -0.15) is 0 Å². The molecule has 2 amide bonds. The van der Waals surface area contributed by atoms with Crippen LogP contribution in [0.15, 0.2) is 24.3 Å². The van der Waals surface area contributed by atoms with Gasteiger partial charge in [0.25, 0.3) is 5.91 Å². The van der Waals surface area contributed by atoms with Gasteiger partial charge in [0.2, 0.25) is 5.91 Å². The summed E-state index contributed by atoms with van der Waals surface area (Å²) >= 11 is 1.42. The maximum atomic E-state index is 13.2. The van der Waals surface area contributed by atoms with Crippen molar-refractivity contribution < 1.29 is 14.0 Å². The van der Waals surface area contributed by atoms with Crippen LogP contribution in [-0.2, 0) is 4.79 Å². The molecule has 0 saturated carbocycles. The Labute approximate surface area is 155 Å². The minimum atomic E-state index is -0.386. The number of rotatable bonds is 4. The number of benzene rings is 1. The van der Waals surface area contributed by atoms with Crippen LogP contribution in [-0.4, -0.2) is 59.3 Å². The number of carbonyl (C=O) groups is 2. The second-order valence-corrected chi connectivity index (χ2v) is 7.48. The van der Waals surface area contributed by atoms with E-state index in [-0.39, 0.29) is 24.2 Å². The van der Waals surface area contributed by atoms with E-state index in [2.05, 4.69) is 10.3 Å². The Hall–Kier alpha value is -2.32. The average Bonchev–Trinajstić information content (AvgIpc) is 2.93. The van der Waals surface area contributed by atoms with Gasteiger partial charge in [0, 0.05) is 31.9 Å². The van der Waals surface area contributed by atoms with E-state index < -0.39 is 0 Å². The molecule has 26 heavy (non-hydrogen) atoms. The van der Waals surface area contributed by atoms with E-state index in [0.717, 1.165) is 10.7 Å². The zero-order valence-corrected chi connectivity index (χ0v) is 15.6. The lowest BCUT2D eigenvalue weighted by Crippen LogP contribution is -2.50. The summed E-state index contributed by atoms with van der Waals surface area (Å²) in [5.74, 6) is -0.565. The number of halogens is 1. The van der Waals surface area contributed by atoms with E-state index in [0.29, 0.717) is 36.7 Å². The molecule has 2 aromatic rings. The molecule has 1 aliphatic heterocycles. The first kappa shape index (κ1) is 18.5. The summed E-state index contributed by atoms with van der Waals surface area (Å²) < 4.78 is 13.2. The molecule has 8 heteroatoms. The first-order valence-corrected chi connectivity index (χ1v) is 9.25. The first-order valence-electron chi connectivity index (χ1n) is 8.43. The monoisotopic (exact) mass is 376 g/mol. The number of carbonyl (C=O) groups excluding carboxylic acids is 2. The Morgan fingerprint density at radius 2 is 1.96 bits per heavy atom. The van der Waals surface area contributed by atoms with Crippen LogP contribution in [0.5, 0.6) is 0 Å². The predicted octanol–water partition coefficient (Wildman–Crippen LogP) is 2.30. The highest BCUT2D eigenvalue weighted by Crippen LogP contribution is 2.20. The summed E-state index contributed by atoms with van der Waals surface area (Å²) in [4.78, 5) is 33.5. The van der Waals surface area contributed by atoms with Crippen LogP contribution in [0.2, 0.25) is 0 Å². The molecule has 138 valence electrons. The second kappa shape index (κ2) is 7.92. The molecule has 1 saturated heterocycles. The van der Waals surface area contributed by atoms with Gasteiger partial charge in [-0.15, -0.1) is 11.3 Å². The van der Waals surface area contributed by atoms with Crippen LogP contribution in [0, 0.1) is 19.7 Å². The van der Waals surface area contributed by atoms with Crippen molar-refractivity contribution in [2.45, 2.75) is 13.8 Å². The molecular weight excluding hydrogens is 355 g/mol. The highest BCUT2D eigenvalue weighted by atomic mass is 32.1. The van der Waals surface area contributed by atoms with Gasteiger partial charge in [0.15, 0.2) is 0 Å². The maximum absolute atomic E-state index is 13.2. The summed E-state index contributed by atoms with van der Waals surface area (Å²) in [7, 11) is 0. The molecule has 1 aromatic heterocycles. The first-order chi connectivity index (χ1) is 12.4. The van der Waals surface area contributed by atoms with Gasteiger partial charge in [-0.1, -0.05) is 6.07 Å². The summed E-state index contributed by atoms with van der Waals surface area (Å²) in [6, 6.07) is 5.82. The number of anilines is 1. The number of piperazine rings is 1. The van der Waals surface area contributed by atoms with E-state index in [9.17, 15) is 14.0 Å². The Morgan fingerprint density at radius 1 is 1.23 bits per heavy atom. The maximum Gasteiger partial charge on any atom is 0.265 e. The van der Waals surface area contributed by atoms with Crippen LogP contribution >= 0.6 is 11.3 Å². The zero-order valence-electron chi connectivity index (χ0n) is 14.8. The molecule has 1 aromatic carbocycles. The van der Waals surface area contributed by atoms with E-state index in [4.69, 9.17) is 0 Å². The quantitative estimate of drug-likeness (QED) is 0.889. The lowest BCUT2D eigenvalue weighted by molar-refractivity contribution is -0.117. The summed E-state index contributed by atoms with van der Waals surface area (Å²) in [6.45, 7) is 6.35. The Bertz CT molecular complexity index is 815. The third-order valence-electron chi connectivity index (χ3n) is 4.23. The molecule has 0 spiro atoms. The molecule has 3 rings (SSSR count). The molecule has 1 aliphatic rings. The molecule has 0 aliphatic carbocycles. The number of nitrogens with zero attached hydrogens (tertiary/aromatic N) is 3. The van der Waals surface area contributed by atoms with Crippen molar-refractivity contribution in [1.29, 1.82) is 0 Å². The largest absolute Gasteiger partial charge is 0.335 e. The number of hydrogen-bond acceptors (Lipinski definition) is 5. The van der Waals surface area contributed by atoms with Gasteiger partial charge in [-0.3, -0.25) is 14.5 Å². The van der Waals surface area contributed by atoms with Crippen LogP contribution < -0.4 is 5.32 Å². The van der Waals surface area contributed by atoms with E-state index in [1.807, 2.05) is 18.7 Å². The number of thiazole rings is 1. The fourth-order valence-corrected chi connectivity index (χ4v) is 3.84. The minimum absolute atomic E-state index is 0.0111. The van der Waals surface area contributed by atoms with E-state index in [1.165, 1.54) is 23.5 Å². The molecule has 6 nitrogen and oxygen atoms in total. The van der Waals surface area contributed by atoms with Crippen molar-refractivity contribution in [1.82, 2.24) is 14.8 Å². The summed E-state index contributed by atoms with van der Waals surface area (Å²) in [5.41, 5.74) is 1.22. The second-order valence-electron chi connectivity index (χ2n) is 6.27. The number of nitrogens with one attached hydrogen (secondary N) is 1. The van der Waals surface area contributed by atoms with Gasteiger partial charge in [-0.25, -0.2) is 9.37 Å². The third kappa shape index (κ3) is 4.44. The van der Waals surface area contributed by atoms with Crippen molar-refractivity contribution in [2.24, 2.45) is 0 Å². The van der Waals surface area contributed by atoms with Gasteiger partial charge in [-0.05, 0) is 32.0 Å². The van der Waals surface area contributed by atoms with Crippen molar-refractivity contribution in [3.05, 3.63) is 45.7 Å². The predicted molar refractivity (Wildman–Crippen MR) is 99.0 cm³/mol. The van der Waals surface area contributed by atoms with Gasteiger partial charge in [0.05, 0.1) is 17.2 Å². The molecule has 1 fully saturated rings. The van der Waals surface area contributed by atoms with Crippen LogP contribution in [0.25, 0.3) is 0 Å². The normalized spacial score (nSPS) is 15.1. The highest BCUT2D eigenvalue weighted by molar-refractivity contribution is 7.13. The standard InChI is InChI=1S/C18H21FN4O2S/c1-12-17(26-13(2)20-12)18(25)23-8-6-22(7-9-23)11-16(24)21-15-5-3-4-14(19)10-15/h3-5,10H,6-9,11H2,1-2H3,(H,21,24). The van der Waals surface area contributed by atoms with Crippen LogP contribution in [0.3, 0.4) is 0 Å². The molecule has 0 unspecified atom stereocenters. The molecule has 2 heterocycles. The number of aromatic nitrogens is 1. The molecule has 0 bridgehead atoms. The Balaban J connectivity index is 1.50. The fourth-order valence-electron chi connectivity index (χ4n) is 2.95. The molecule has 1 N–H and O–H groups in total. The SMILES string of the molecule is Cc1nc(C)c(C(=O)N2CCN(CC(=O)Nc3cccc(F)c3)CC2)s1. The Kier molecular flexibility index (Phi) is 5.63. The topological polar surface area (TPSA) is 65.5 Å². The Morgan fingerprint density at radius 3 is 2.58 bits per heavy atom. The van der Waals surface area contributed by atoms with E-state index in [1.54, 1.807) is 17.0 Å². The summed E-state index contributed by atoms with van der Waals surface area (Å²) in [6.07, 6.45) is 0. The number of amides is 2. The van der Waals surface area contributed by atoms with Gasteiger partial charge in [0.1, 0.15) is 10.7 Å². The van der Waals surface area contributed by atoms with Crippen LogP contribution in [0.1, 0.15) is 20.4 Å². The van der Waals surface area contributed by atoms with Gasteiger partial charge >= 0.3 is 0 Å². The van der Waals surface area contributed by atoms with Crippen molar-refractivity contribution in [3.63, 3.8) is 0 Å². The lowest BCUT2D eigenvalue weighted by Gasteiger charge is -2.34. The lowest BCUT2D eigenvalue weighted by atomic mass is 10.2. The van der Waals surface area contributed by atoms with Crippen molar-refractivity contribution in [3.8, 4) is 0 Å². The number of aryl methyl sites for hydroxylation is 2. The minimum Gasteiger partial charge on any atom is -0.335 e. The number of hydrogen-bond donors (Lipinski definition) is 1. The molecule has 0 radical (unpaired) electrons. The molecular formula is C18H21FN4O2S. The van der Waals surface area contributed by atoms with Crippen LogP contribution in [0.4, 0.5) is 10.1 Å². The summed E-state index contributed by atoms with van der Waals surface area (Å²) in [5, 5.41) is 3.58. The smallest absolute Gasteiger partial charge is 0.265 e. The highest BCUT2D eigenvalue weighted by Gasteiger charge is 2.25. The molecule has 0 atom stereocenters. The zero-order chi connectivity index (χ0) is 18.7. The van der Waals surface area contributed by atoms with E-state index >= 15 is 0 Å².